The zero-order chi connectivity index (χ0) is 21.6. The van der Waals surface area contributed by atoms with Crippen molar-refractivity contribution in [1.29, 1.82) is 0 Å². The standard InChI is InChI=1S/C19H12Cl4O5S/c20-11-6-8-13(24)17(22)15(11)19(29(26,27)28,10-4-2-1-3-5-10)16-12(21)7-9-14(25)18(16)23/h1-9,24-25H,(H,26,27,28). The highest BCUT2D eigenvalue weighted by Crippen LogP contribution is 2.55. The average Bonchev–Trinajstić information content (AvgIpc) is 2.66. The Morgan fingerprint density at radius 1 is 0.690 bits per heavy atom. The van der Waals surface area contributed by atoms with Crippen LogP contribution in [0.5, 0.6) is 11.5 Å². The van der Waals surface area contributed by atoms with Gasteiger partial charge >= 0.3 is 0 Å². The molecule has 0 aliphatic heterocycles. The Morgan fingerprint density at radius 2 is 1.10 bits per heavy atom. The van der Waals surface area contributed by atoms with Gasteiger partial charge in [0.1, 0.15) is 11.5 Å². The van der Waals surface area contributed by atoms with Crippen molar-refractivity contribution in [1.82, 2.24) is 0 Å². The molecule has 29 heavy (non-hydrogen) atoms. The number of rotatable bonds is 4. The van der Waals surface area contributed by atoms with Crippen LogP contribution in [0, 0.1) is 0 Å². The zero-order valence-electron chi connectivity index (χ0n) is 14.3. The van der Waals surface area contributed by atoms with E-state index in [1.165, 1.54) is 48.5 Å². The van der Waals surface area contributed by atoms with Crippen LogP contribution in [-0.2, 0) is 14.9 Å². The summed E-state index contributed by atoms with van der Waals surface area (Å²) in [5.74, 6) is -0.968. The molecule has 10 heteroatoms. The van der Waals surface area contributed by atoms with E-state index in [0.717, 1.165) is 0 Å². The highest BCUT2D eigenvalue weighted by Gasteiger charge is 2.53. The highest BCUT2D eigenvalue weighted by molar-refractivity contribution is 7.87. The molecule has 0 saturated carbocycles. The topological polar surface area (TPSA) is 94.8 Å². The summed E-state index contributed by atoms with van der Waals surface area (Å²) in [4.78, 5) is 0. The van der Waals surface area contributed by atoms with Gasteiger partial charge in [-0.25, -0.2) is 0 Å². The first-order valence-electron chi connectivity index (χ1n) is 7.91. The molecule has 3 N–H and O–H groups in total. The molecule has 0 atom stereocenters. The first-order valence-corrected chi connectivity index (χ1v) is 10.9. The molecule has 0 fully saturated rings. The lowest BCUT2D eigenvalue weighted by Crippen LogP contribution is -2.39. The van der Waals surface area contributed by atoms with Crippen LogP contribution in [0.3, 0.4) is 0 Å². The second-order valence-electron chi connectivity index (χ2n) is 6.03. The van der Waals surface area contributed by atoms with Crippen LogP contribution in [0.15, 0.2) is 54.6 Å². The van der Waals surface area contributed by atoms with Gasteiger partial charge in [-0.05, 0) is 29.8 Å². The molecule has 0 heterocycles. The molecular weight excluding hydrogens is 482 g/mol. The van der Waals surface area contributed by atoms with Gasteiger partial charge in [-0.1, -0.05) is 76.7 Å². The lowest BCUT2D eigenvalue weighted by molar-refractivity contribution is 0.455. The molecule has 3 aromatic carbocycles. The molecule has 5 nitrogen and oxygen atoms in total. The maximum absolute atomic E-state index is 13.0. The number of hydrogen-bond donors (Lipinski definition) is 3. The van der Waals surface area contributed by atoms with Crippen LogP contribution in [0.25, 0.3) is 0 Å². The van der Waals surface area contributed by atoms with E-state index in [4.69, 9.17) is 46.4 Å². The predicted molar refractivity (Wildman–Crippen MR) is 114 cm³/mol. The summed E-state index contributed by atoms with van der Waals surface area (Å²) in [5, 5.41) is 19.1. The molecule has 152 valence electrons. The van der Waals surface area contributed by atoms with Crippen molar-refractivity contribution in [3.05, 3.63) is 91.4 Å². The SMILES string of the molecule is O=S(=O)(O)C(c1ccccc1)(c1c(Cl)ccc(O)c1Cl)c1c(Cl)ccc(O)c1Cl. The van der Waals surface area contributed by atoms with Crippen molar-refractivity contribution in [3.8, 4) is 11.5 Å². The van der Waals surface area contributed by atoms with Gasteiger partial charge in [0, 0.05) is 21.2 Å². The van der Waals surface area contributed by atoms with Gasteiger partial charge in [0.2, 0.25) is 0 Å². The van der Waals surface area contributed by atoms with Crippen molar-refractivity contribution in [2.75, 3.05) is 0 Å². The lowest BCUT2D eigenvalue weighted by Gasteiger charge is -2.35. The van der Waals surface area contributed by atoms with E-state index < -0.39 is 36.4 Å². The van der Waals surface area contributed by atoms with E-state index in [1.807, 2.05) is 0 Å². The zero-order valence-corrected chi connectivity index (χ0v) is 18.1. The number of halogens is 4. The number of phenols is 2. The van der Waals surface area contributed by atoms with Crippen LogP contribution in [0.2, 0.25) is 20.1 Å². The van der Waals surface area contributed by atoms with Gasteiger partial charge in [-0.15, -0.1) is 0 Å². The summed E-state index contributed by atoms with van der Waals surface area (Å²) >= 11 is 25.2. The highest BCUT2D eigenvalue weighted by atomic mass is 35.5. The van der Waals surface area contributed by atoms with E-state index in [0.29, 0.717) is 0 Å². The fourth-order valence-electron chi connectivity index (χ4n) is 3.22. The Hall–Kier alpha value is -1.67. The van der Waals surface area contributed by atoms with E-state index in [1.54, 1.807) is 6.07 Å². The number of phenolic OH excluding ortho intramolecular Hbond substituents is 2. The Kier molecular flexibility index (Phi) is 5.98. The summed E-state index contributed by atoms with van der Waals surface area (Å²) in [6, 6.07) is 12.2. The van der Waals surface area contributed by atoms with E-state index in [-0.39, 0.29) is 26.7 Å². The minimum absolute atomic E-state index is 0.0219. The van der Waals surface area contributed by atoms with Gasteiger partial charge in [-0.3, -0.25) is 4.55 Å². The summed E-state index contributed by atoms with van der Waals surface area (Å²) in [6.45, 7) is 0. The average molecular weight is 494 g/mol. The Bertz CT molecular complexity index is 1140. The second kappa shape index (κ2) is 7.87. The third kappa shape index (κ3) is 3.44. The maximum Gasteiger partial charge on any atom is 0.283 e. The van der Waals surface area contributed by atoms with Crippen molar-refractivity contribution >= 4 is 56.5 Å². The van der Waals surface area contributed by atoms with Crippen LogP contribution < -0.4 is 0 Å². The van der Waals surface area contributed by atoms with E-state index >= 15 is 0 Å². The van der Waals surface area contributed by atoms with Crippen LogP contribution in [0.4, 0.5) is 0 Å². The van der Waals surface area contributed by atoms with Crippen LogP contribution in [-0.4, -0.2) is 23.2 Å². The summed E-state index contributed by atoms with van der Waals surface area (Å²) in [5.41, 5.74) is -0.765. The molecule has 3 aromatic rings. The molecule has 3 rings (SSSR count). The Labute approximate surface area is 186 Å². The third-order valence-electron chi connectivity index (χ3n) is 4.41. The monoisotopic (exact) mass is 492 g/mol. The first-order chi connectivity index (χ1) is 13.5. The van der Waals surface area contributed by atoms with Gasteiger partial charge < -0.3 is 10.2 Å². The molecule has 0 saturated heterocycles. The minimum Gasteiger partial charge on any atom is -0.506 e. The molecule has 0 radical (unpaired) electrons. The van der Waals surface area contributed by atoms with Crippen LogP contribution in [0.1, 0.15) is 16.7 Å². The van der Waals surface area contributed by atoms with Crippen molar-refractivity contribution in [2.24, 2.45) is 0 Å². The molecule has 0 aliphatic carbocycles. The smallest absolute Gasteiger partial charge is 0.283 e. The molecule has 0 bridgehead atoms. The van der Waals surface area contributed by atoms with Gasteiger partial charge in [0.05, 0.1) is 10.0 Å². The number of aromatic hydroxyl groups is 2. The molecule has 0 spiro atoms. The molecule has 0 unspecified atom stereocenters. The Morgan fingerprint density at radius 3 is 1.48 bits per heavy atom. The van der Waals surface area contributed by atoms with E-state index in [9.17, 15) is 23.2 Å². The normalized spacial score (nSPS) is 12.2. The number of hydrogen-bond acceptors (Lipinski definition) is 4. The van der Waals surface area contributed by atoms with Gasteiger partial charge in [-0.2, -0.15) is 8.42 Å². The van der Waals surface area contributed by atoms with Crippen LogP contribution >= 0.6 is 46.4 Å². The Balaban J connectivity index is 2.71. The summed E-state index contributed by atoms with van der Waals surface area (Å²) in [7, 11) is -5.17. The van der Waals surface area contributed by atoms with Crippen molar-refractivity contribution < 1.29 is 23.2 Å². The van der Waals surface area contributed by atoms with Crippen molar-refractivity contribution in [2.45, 2.75) is 4.75 Å². The summed E-state index contributed by atoms with van der Waals surface area (Å²) in [6.07, 6.45) is 0. The molecule has 0 aliphatic rings. The fourth-order valence-corrected chi connectivity index (χ4v) is 6.13. The predicted octanol–water partition coefficient (Wildman–Crippen LogP) is 5.89. The van der Waals surface area contributed by atoms with Gasteiger partial charge in [0.15, 0.2) is 4.75 Å². The van der Waals surface area contributed by atoms with Crippen molar-refractivity contribution in [3.63, 3.8) is 0 Å². The third-order valence-corrected chi connectivity index (χ3v) is 7.23. The largest absolute Gasteiger partial charge is 0.506 e. The van der Waals surface area contributed by atoms with Gasteiger partial charge in [0.25, 0.3) is 10.1 Å². The molecule has 0 amide bonds. The molecule has 0 aromatic heterocycles. The quantitative estimate of drug-likeness (QED) is 0.311. The first kappa shape index (κ1) is 22.0. The minimum atomic E-state index is -5.17. The summed E-state index contributed by atoms with van der Waals surface area (Å²) < 4.78 is 34.1. The second-order valence-corrected chi connectivity index (χ2v) is 9.17. The van der Waals surface area contributed by atoms with E-state index in [2.05, 4.69) is 0 Å². The fraction of sp³-hybridized carbons (Fsp3) is 0.0526. The molecular formula is C19H12Cl4O5S. The maximum atomic E-state index is 13.0. The lowest BCUT2D eigenvalue weighted by atomic mass is 9.83. The number of benzene rings is 3.